The number of amides is 2. The van der Waals surface area contributed by atoms with E-state index < -0.39 is 0 Å². The first-order valence-corrected chi connectivity index (χ1v) is 11.4. The number of urea groups is 1. The topological polar surface area (TPSA) is 78.6 Å². The minimum atomic E-state index is -0.268. The molecule has 30 heavy (non-hydrogen) atoms. The number of hydrogen-bond donors (Lipinski definition) is 2. The number of likely N-dealkylation sites (tertiary alicyclic amines) is 1. The average molecular weight is 435 g/mol. The zero-order valence-corrected chi connectivity index (χ0v) is 19.6. The second-order valence-corrected chi connectivity index (χ2v) is 9.42. The number of carbonyl (C=O) groups excluding carboxylic acids is 1. The van der Waals surface area contributed by atoms with E-state index in [9.17, 15) is 4.79 Å². The predicted octanol–water partition coefficient (Wildman–Crippen LogP) is 4.55. The Bertz CT molecular complexity index is 846. The first-order valence-electron chi connectivity index (χ1n) is 10.6. The molecule has 0 bridgehead atoms. The second-order valence-electron chi connectivity index (χ2n) is 8.64. The van der Waals surface area contributed by atoms with Crippen molar-refractivity contribution >= 4 is 29.5 Å². The lowest BCUT2D eigenvalue weighted by molar-refractivity contribution is 0.253. The molecule has 0 aliphatic carbocycles. The highest BCUT2D eigenvalue weighted by Crippen LogP contribution is 2.32. The smallest absolute Gasteiger partial charge is 0.330 e. The van der Waals surface area contributed by atoms with Gasteiger partial charge in [-0.15, -0.1) is 0 Å². The van der Waals surface area contributed by atoms with Gasteiger partial charge >= 0.3 is 6.03 Å². The van der Waals surface area contributed by atoms with E-state index in [1.807, 2.05) is 25.5 Å². The lowest BCUT2D eigenvalue weighted by Gasteiger charge is -2.37. The zero-order chi connectivity index (χ0) is 21.8. The van der Waals surface area contributed by atoms with E-state index in [4.69, 9.17) is 4.42 Å². The minimum absolute atomic E-state index is 0.185. The van der Waals surface area contributed by atoms with Crippen LogP contribution in [0.25, 0.3) is 0 Å². The zero-order valence-electron chi connectivity index (χ0n) is 18.8. The molecule has 3 rings (SSSR count). The maximum atomic E-state index is 12.7. The molecule has 1 fully saturated rings. The van der Waals surface area contributed by atoms with Crippen molar-refractivity contribution in [2.75, 3.05) is 29.8 Å². The summed E-state index contributed by atoms with van der Waals surface area (Å²) in [6.07, 6.45) is 6.02. The van der Waals surface area contributed by atoms with Crippen LogP contribution >= 0.6 is 12.1 Å². The summed E-state index contributed by atoms with van der Waals surface area (Å²) in [6.45, 7) is 10.3. The summed E-state index contributed by atoms with van der Waals surface area (Å²) in [4.78, 5) is 15.0. The summed E-state index contributed by atoms with van der Waals surface area (Å²) in [6, 6.07) is 1.96. The molecule has 2 aromatic rings. The molecule has 0 spiro atoms. The second kappa shape index (κ2) is 9.78. The lowest BCUT2D eigenvalue weighted by Crippen LogP contribution is -2.45. The monoisotopic (exact) mass is 434 g/mol. The van der Waals surface area contributed by atoms with Crippen LogP contribution < -0.4 is 14.3 Å². The first-order chi connectivity index (χ1) is 14.2. The number of carbonyl (C=O) groups is 1. The molecule has 1 aliphatic heterocycles. The van der Waals surface area contributed by atoms with Crippen molar-refractivity contribution in [3.63, 3.8) is 0 Å². The summed E-state index contributed by atoms with van der Waals surface area (Å²) in [5.74, 6) is 2.13. The molecular weight excluding hydrogens is 400 g/mol. The summed E-state index contributed by atoms with van der Waals surface area (Å²) in [5.41, 5.74) is 1.72. The highest BCUT2D eigenvalue weighted by Gasteiger charge is 2.27. The highest BCUT2D eigenvalue weighted by atomic mass is 32.2. The van der Waals surface area contributed by atoms with Gasteiger partial charge in [0.1, 0.15) is 11.5 Å². The van der Waals surface area contributed by atoms with Crippen molar-refractivity contribution < 1.29 is 9.21 Å². The predicted molar refractivity (Wildman–Crippen MR) is 123 cm³/mol. The van der Waals surface area contributed by atoms with Gasteiger partial charge in [-0.05, 0) is 26.4 Å². The molecule has 0 aromatic carbocycles. The summed E-state index contributed by atoms with van der Waals surface area (Å²) < 4.78 is 12.9. The van der Waals surface area contributed by atoms with Gasteiger partial charge in [-0.1, -0.05) is 27.7 Å². The normalized spacial score (nSPS) is 17.5. The largest absolute Gasteiger partial charge is 0.463 e. The third-order valence-corrected chi connectivity index (χ3v) is 6.22. The van der Waals surface area contributed by atoms with Crippen molar-refractivity contribution in [3.8, 4) is 0 Å². The quantitative estimate of drug-likeness (QED) is 0.623. The van der Waals surface area contributed by atoms with Crippen LogP contribution in [0.4, 0.5) is 16.2 Å². The van der Waals surface area contributed by atoms with Gasteiger partial charge in [0.2, 0.25) is 0 Å². The van der Waals surface area contributed by atoms with Crippen LogP contribution in [0.5, 0.6) is 0 Å². The summed E-state index contributed by atoms with van der Waals surface area (Å²) in [7, 11) is 4.04. The van der Waals surface area contributed by atoms with Gasteiger partial charge in [-0.3, -0.25) is 13.7 Å². The van der Waals surface area contributed by atoms with Gasteiger partial charge in [0, 0.05) is 37.7 Å². The van der Waals surface area contributed by atoms with Gasteiger partial charge in [0.15, 0.2) is 0 Å². The van der Waals surface area contributed by atoms with Crippen molar-refractivity contribution in [1.29, 1.82) is 0 Å². The van der Waals surface area contributed by atoms with Crippen LogP contribution in [-0.4, -0.2) is 46.9 Å². The number of anilines is 2. The summed E-state index contributed by atoms with van der Waals surface area (Å²) >= 11 is 1.31. The van der Waals surface area contributed by atoms with Gasteiger partial charge in [0.05, 0.1) is 35.7 Å². The maximum Gasteiger partial charge on any atom is 0.330 e. The Hall–Kier alpha value is -2.13. The number of piperidine rings is 1. The maximum absolute atomic E-state index is 12.7. The molecule has 1 unspecified atom stereocenters. The number of aryl methyl sites for hydroxylation is 1. The molecule has 1 saturated heterocycles. The molecule has 1 atom stereocenters. The molecule has 2 aromatic heterocycles. The van der Waals surface area contributed by atoms with Crippen molar-refractivity contribution in [1.82, 2.24) is 19.4 Å². The Morgan fingerprint density at radius 1 is 1.30 bits per heavy atom. The van der Waals surface area contributed by atoms with Gasteiger partial charge in [-0.25, -0.2) is 4.79 Å². The van der Waals surface area contributed by atoms with E-state index in [0.717, 1.165) is 48.8 Å². The Morgan fingerprint density at radius 3 is 2.67 bits per heavy atom. The standard InChI is InChI=1S/C21H34N6O2S/c1-14(2)19-10-18(20(29-19)15(3)4)23-21(28)24-30-27(17-11-22-26(6)13-17)16-8-7-9-25(5)12-16/h10-11,13-16H,7-9,12H2,1-6H3,(H2,23,24,28). The highest BCUT2D eigenvalue weighted by molar-refractivity contribution is 7.99. The summed E-state index contributed by atoms with van der Waals surface area (Å²) in [5, 5.41) is 7.27. The van der Waals surface area contributed by atoms with E-state index in [0.29, 0.717) is 6.04 Å². The van der Waals surface area contributed by atoms with Gasteiger partial charge < -0.3 is 14.6 Å². The fourth-order valence-electron chi connectivity index (χ4n) is 3.67. The van der Waals surface area contributed by atoms with Crippen LogP contribution in [0, 0.1) is 0 Å². The molecule has 0 saturated carbocycles. The van der Waals surface area contributed by atoms with E-state index in [1.54, 1.807) is 4.68 Å². The van der Waals surface area contributed by atoms with Crippen LogP contribution in [0.2, 0.25) is 0 Å². The Balaban J connectivity index is 1.69. The molecule has 9 heteroatoms. The molecule has 166 valence electrons. The molecule has 3 heterocycles. The number of likely N-dealkylation sites (N-methyl/N-ethyl adjacent to an activating group) is 1. The van der Waals surface area contributed by atoms with Crippen molar-refractivity contribution in [2.45, 2.75) is 58.4 Å². The first kappa shape index (κ1) is 22.6. The lowest BCUT2D eigenvalue weighted by atomic mass is 10.1. The molecule has 8 nitrogen and oxygen atoms in total. The fourth-order valence-corrected chi connectivity index (χ4v) is 4.42. The number of hydrogen-bond acceptors (Lipinski definition) is 6. The Labute approximate surface area is 183 Å². The third kappa shape index (κ3) is 5.51. The molecular formula is C21H34N6O2S. The van der Waals surface area contributed by atoms with Crippen LogP contribution in [0.1, 0.15) is 63.9 Å². The van der Waals surface area contributed by atoms with E-state index in [2.05, 4.69) is 59.1 Å². The van der Waals surface area contributed by atoms with Crippen LogP contribution in [0.15, 0.2) is 22.9 Å². The number of aromatic nitrogens is 2. The number of rotatable bonds is 7. The molecule has 0 radical (unpaired) electrons. The molecule has 1 aliphatic rings. The number of nitrogens with one attached hydrogen (secondary N) is 2. The minimum Gasteiger partial charge on any atom is -0.463 e. The molecule has 2 N–H and O–H groups in total. The SMILES string of the molecule is CC(C)c1cc(NC(=O)NSN(c2cnn(C)c2)C2CCCN(C)C2)c(C(C)C)o1. The fraction of sp³-hybridized carbons (Fsp3) is 0.619. The van der Waals surface area contributed by atoms with Crippen LogP contribution in [0.3, 0.4) is 0 Å². The van der Waals surface area contributed by atoms with E-state index >= 15 is 0 Å². The van der Waals surface area contributed by atoms with Gasteiger partial charge in [0.25, 0.3) is 0 Å². The number of nitrogens with zero attached hydrogens (tertiary/aromatic N) is 4. The van der Waals surface area contributed by atoms with E-state index in [-0.39, 0.29) is 17.9 Å². The van der Waals surface area contributed by atoms with Gasteiger partial charge in [-0.2, -0.15) is 5.10 Å². The Kier molecular flexibility index (Phi) is 7.36. The van der Waals surface area contributed by atoms with Crippen molar-refractivity contribution in [2.24, 2.45) is 7.05 Å². The average Bonchev–Trinajstić information content (AvgIpc) is 3.29. The Morgan fingerprint density at radius 2 is 2.07 bits per heavy atom. The van der Waals surface area contributed by atoms with Crippen molar-refractivity contribution in [3.05, 3.63) is 30.0 Å². The molecule has 2 amide bonds. The third-order valence-electron chi connectivity index (χ3n) is 5.24. The number of furan rings is 1. The van der Waals surface area contributed by atoms with E-state index in [1.165, 1.54) is 12.1 Å². The van der Waals surface area contributed by atoms with Crippen LogP contribution in [-0.2, 0) is 7.05 Å².